The van der Waals surface area contributed by atoms with E-state index in [4.69, 9.17) is 30.0 Å². The molecule has 5 atom stereocenters. The molecule has 1 saturated heterocycles. The summed E-state index contributed by atoms with van der Waals surface area (Å²) in [6, 6.07) is 0. The Bertz CT molecular complexity index is 1200. The van der Waals surface area contributed by atoms with Crippen LogP contribution in [0.5, 0.6) is 0 Å². The van der Waals surface area contributed by atoms with Crippen LogP contribution in [-0.2, 0) is 31.8 Å². The second-order valence-electron chi connectivity index (χ2n) is 6.23. The van der Waals surface area contributed by atoms with Crippen LogP contribution in [0.2, 0.25) is 0 Å². The summed E-state index contributed by atoms with van der Waals surface area (Å²) >= 11 is 0. The first-order valence-corrected chi connectivity index (χ1v) is 12.7. The highest BCUT2D eigenvalue weighted by Gasteiger charge is 2.50. The van der Waals surface area contributed by atoms with E-state index >= 15 is 0 Å². The number of nitrogens with one attached hydrogen (secondary N) is 1. The van der Waals surface area contributed by atoms with Crippen LogP contribution in [0.4, 0.5) is 5.95 Å². The van der Waals surface area contributed by atoms with Gasteiger partial charge in [0.05, 0.1) is 12.9 Å². The molecule has 0 radical (unpaired) electrons. The van der Waals surface area contributed by atoms with Crippen molar-refractivity contribution >= 4 is 40.6 Å². The van der Waals surface area contributed by atoms with E-state index in [9.17, 15) is 28.5 Å². The molecule has 0 bridgehead atoms. The third-order valence-corrected chi connectivity index (χ3v) is 6.57. The van der Waals surface area contributed by atoms with Crippen molar-refractivity contribution in [1.82, 2.24) is 19.5 Å². The summed E-state index contributed by atoms with van der Waals surface area (Å²) in [6.07, 6.45) is -6.06. The number of nitrogens with two attached hydrogens (primary N) is 1. The maximum Gasteiger partial charge on any atom is 0.481 e. The Morgan fingerprint density at radius 1 is 1.19 bits per heavy atom. The fourth-order valence-corrected chi connectivity index (χ4v) is 5.00. The number of aromatic nitrogens is 4. The average molecular weight is 523 g/mol. The molecule has 1 aliphatic heterocycles. The SMILES string of the molecule is Nc1nc2c(ncn2[C@@H]2O[C@@H](COP(=O)(O)OP(=O)(O)O)[C@H](OP(=O)(O)O)[C@H]2O)c(=O)[nH]1. The van der Waals surface area contributed by atoms with E-state index in [-0.39, 0.29) is 17.1 Å². The number of phosphoric acid groups is 3. The molecule has 0 spiro atoms. The van der Waals surface area contributed by atoms with Crippen molar-refractivity contribution in [3.63, 3.8) is 0 Å². The molecule has 19 nitrogen and oxygen atoms in total. The number of hydrogen-bond donors (Lipinski definition) is 8. The molecule has 2 aromatic heterocycles. The van der Waals surface area contributed by atoms with E-state index in [2.05, 4.69) is 28.3 Å². The Balaban J connectivity index is 1.91. The number of nitrogen functional groups attached to an aromatic ring is 1. The fourth-order valence-electron chi connectivity index (χ4n) is 2.83. The molecule has 180 valence electrons. The number of H-pyrrole nitrogens is 1. The van der Waals surface area contributed by atoms with Gasteiger partial charge in [-0.2, -0.15) is 9.29 Å². The van der Waals surface area contributed by atoms with E-state index in [0.717, 1.165) is 10.9 Å². The van der Waals surface area contributed by atoms with Crippen LogP contribution in [0.25, 0.3) is 11.2 Å². The third kappa shape index (κ3) is 5.86. The minimum Gasteiger partial charge on any atom is -0.386 e. The van der Waals surface area contributed by atoms with Gasteiger partial charge < -0.3 is 40.0 Å². The van der Waals surface area contributed by atoms with Gasteiger partial charge in [-0.25, -0.2) is 18.7 Å². The zero-order valence-electron chi connectivity index (χ0n) is 15.3. The lowest BCUT2D eigenvalue weighted by Crippen LogP contribution is -2.35. The van der Waals surface area contributed by atoms with Crippen LogP contribution in [0, 0.1) is 0 Å². The monoisotopic (exact) mass is 523 g/mol. The summed E-state index contributed by atoms with van der Waals surface area (Å²) in [6.45, 7) is -1.09. The fraction of sp³-hybridized carbons (Fsp3) is 0.500. The smallest absolute Gasteiger partial charge is 0.386 e. The van der Waals surface area contributed by atoms with Gasteiger partial charge in [-0.05, 0) is 0 Å². The van der Waals surface area contributed by atoms with Crippen molar-refractivity contribution in [3.05, 3.63) is 16.7 Å². The molecule has 0 aromatic carbocycles. The highest BCUT2D eigenvalue weighted by Crippen LogP contribution is 2.58. The standard InChI is InChI=1S/C10H16N5O14P3/c11-10-13-7-4(8(17)14-10)12-2-15(7)9-5(16)6(28-30(18,19)20)3(27-9)1-26-32(24,25)29-31(21,22)23/h2-3,5-6,9,16H,1H2,(H,24,25)(H2,18,19,20)(H2,21,22,23)(H3,11,13,14,17)/t3-,5+,6-,9+/m0/s1. The zero-order valence-corrected chi connectivity index (χ0v) is 18.0. The number of rotatable bonds is 8. The molecule has 3 rings (SSSR count). The van der Waals surface area contributed by atoms with E-state index in [1.54, 1.807) is 0 Å². The number of ether oxygens (including phenoxy) is 1. The van der Waals surface area contributed by atoms with Gasteiger partial charge in [0.15, 0.2) is 17.4 Å². The van der Waals surface area contributed by atoms with Crippen molar-refractivity contribution in [2.45, 2.75) is 24.5 Å². The largest absolute Gasteiger partial charge is 0.481 e. The molecule has 0 amide bonds. The van der Waals surface area contributed by atoms with Crippen molar-refractivity contribution in [3.8, 4) is 0 Å². The molecule has 1 aliphatic rings. The number of aromatic amines is 1. The molecular formula is C10H16N5O14P3. The topological polar surface area (TPSA) is 299 Å². The van der Waals surface area contributed by atoms with Crippen molar-refractivity contribution in [2.75, 3.05) is 12.3 Å². The third-order valence-electron chi connectivity index (χ3n) is 3.90. The number of aliphatic hydroxyl groups is 1. The maximum atomic E-state index is 11.9. The minimum absolute atomic E-state index is 0.190. The quantitative estimate of drug-likeness (QED) is 0.168. The van der Waals surface area contributed by atoms with Crippen molar-refractivity contribution in [1.29, 1.82) is 0 Å². The molecule has 9 N–H and O–H groups in total. The number of fused-ring (bicyclic) bond motifs is 1. The molecule has 0 saturated carbocycles. The second kappa shape index (κ2) is 8.66. The van der Waals surface area contributed by atoms with Crippen LogP contribution in [0.1, 0.15) is 6.23 Å². The summed E-state index contributed by atoms with van der Waals surface area (Å²) < 4.78 is 52.5. The van der Waals surface area contributed by atoms with Crippen LogP contribution >= 0.6 is 23.5 Å². The summed E-state index contributed by atoms with van der Waals surface area (Å²) in [5, 5.41) is 10.5. The lowest BCUT2D eigenvalue weighted by atomic mass is 10.1. The Morgan fingerprint density at radius 3 is 2.44 bits per heavy atom. The van der Waals surface area contributed by atoms with Gasteiger partial charge in [0.1, 0.15) is 18.3 Å². The highest BCUT2D eigenvalue weighted by atomic mass is 31.3. The van der Waals surface area contributed by atoms with E-state index < -0.39 is 60.2 Å². The average Bonchev–Trinajstić information content (AvgIpc) is 3.12. The van der Waals surface area contributed by atoms with Gasteiger partial charge >= 0.3 is 23.5 Å². The zero-order chi connectivity index (χ0) is 24.1. The summed E-state index contributed by atoms with van der Waals surface area (Å²) in [4.78, 5) is 66.6. The summed E-state index contributed by atoms with van der Waals surface area (Å²) in [5.74, 6) is -0.324. The number of imidazole rings is 1. The Kier molecular flexibility index (Phi) is 6.78. The molecule has 1 fully saturated rings. The molecule has 0 aliphatic carbocycles. The maximum absolute atomic E-state index is 11.9. The van der Waals surface area contributed by atoms with Gasteiger partial charge in [-0.15, -0.1) is 0 Å². The number of anilines is 1. The first-order chi connectivity index (χ1) is 14.6. The highest BCUT2D eigenvalue weighted by molar-refractivity contribution is 7.60. The molecule has 2 aromatic rings. The summed E-state index contributed by atoms with van der Waals surface area (Å²) in [7, 11) is -16.1. The molecule has 22 heteroatoms. The van der Waals surface area contributed by atoms with Gasteiger partial charge in [0, 0.05) is 0 Å². The minimum atomic E-state index is -5.45. The summed E-state index contributed by atoms with van der Waals surface area (Å²) in [5.41, 5.74) is 4.32. The van der Waals surface area contributed by atoms with Crippen LogP contribution in [0.15, 0.2) is 11.1 Å². The second-order valence-corrected chi connectivity index (χ2v) is 10.2. The van der Waals surface area contributed by atoms with Crippen molar-refractivity contribution in [2.24, 2.45) is 0 Å². The van der Waals surface area contributed by atoms with E-state index in [1.807, 2.05) is 0 Å². The number of nitrogens with zero attached hydrogens (tertiary/aromatic N) is 3. The predicted octanol–water partition coefficient (Wildman–Crippen LogP) is -2.34. The number of phosphoric ester groups is 2. The molecule has 3 heterocycles. The van der Waals surface area contributed by atoms with Crippen molar-refractivity contribution < 1.29 is 61.4 Å². The van der Waals surface area contributed by atoms with Crippen LogP contribution in [0.3, 0.4) is 0 Å². The Hall–Kier alpha value is -1.56. The first-order valence-electron chi connectivity index (χ1n) is 8.10. The molecule has 1 unspecified atom stereocenters. The number of hydrogen-bond acceptors (Lipinski definition) is 12. The molecular weight excluding hydrogens is 507 g/mol. The Labute approximate surface area is 175 Å². The van der Waals surface area contributed by atoms with E-state index in [0.29, 0.717) is 0 Å². The lowest BCUT2D eigenvalue weighted by molar-refractivity contribution is -0.0501. The number of aliphatic hydroxyl groups excluding tert-OH is 1. The van der Waals surface area contributed by atoms with Gasteiger partial charge in [0.2, 0.25) is 5.95 Å². The van der Waals surface area contributed by atoms with Gasteiger partial charge in [-0.1, -0.05) is 0 Å². The normalized spacial score (nSPS) is 26.4. The van der Waals surface area contributed by atoms with Crippen LogP contribution < -0.4 is 11.3 Å². The predicted molar refractivity (Wildman–Crippen MR) is 98.3 cm³/mol. The van der Waals surface area contributed by atoms with Crippen LogP contribution in [-0.4, -0.2) is 74.0 Å². The van der Waals surface area contributed by atoms with E-state index in [1.165, 1.54) is 0 Å². The lowest BCUT2D eigenvalue weighted by Gasteiger charge is -2.21. The van der Waals surface area contributed by atoms with Gasteiger partial charge in [0.25, 0.3) is 5.56 Å². The molecule has 32 heavy (non-hydrogen) atoms. The Morgan fingerprint density at radius 2 is 1.84 bits per heavy atom. The first kappa shape index (κ1) is 25.1. The van der Waals surface area contributed by atoms with Gasteiger partial charge in [-0.3, -0.25) is 23.4 Å².